The molecule has 1 amide bonds. The van der Waals surface area contributed by atoms with Crippen LogP contribution in [0, 0.1) is 5.92 Å². The van der Waals surface area contributed by atoms with E-state index in [1.807, 2.05) is 48.5 Å². The largest absolute Gasteiger partial charge is 0.481 e. The van der Waals surface area contributed by atoms with Crippen molar-refractivity contribution < 1.29 is 9.53 Å². The second kappa shape index (κ2) is 8.37. The second-order valence-corrected chi connectivity index (χ2v) is 6.17. The molecule has 0 aliphatic rings. The molecule has 0 spiro atoms. The maximum atomic E-state index is 12.5. The fourth-order valence-corrected chi connectivity index (χ4v) is 2.48. The van der Waals surface area contributed by atoms with Crippen molar-refractivity contribution in [3.05, 3.63) is 66.2 Å². The third-order valence-electron chi connectivity index (χ3n) is 3.65. The van der Waals surface area contributed by atoms with Crippen LogP contribution in [-0.4, -0.2) is 12.0 Å². The predicted octanol–water partition coefficient (Wildman–Crippen LogP) is 4.36. The van der Waals surface area contributed by atoms with E-state index in [0.717, 1.165) is 12.0 Å². The summed E-state index contributed by atoms with van der Waals surface area (Å²) in [7, 11) is 0. The molecular formula is C20H25NO2. The molecule has 2 aromatic carbocycles. The van der Waals surface area contributed by atoms with Crippen LogP contribution in [0.15, 0.2) is 60.7 Å². The number of nitrogens with one attached hydrogen (secondary N) is 1. The van der Waals surface area contributed by atoms with Gasteiger partial charge in [-0.25, -0.2) is 0 Å². The maximum Gasteiger partial charge on any atom is 0.261 e. The van der Waals surface area contributed by atoms with Crippen molar-refractivity contribution in [3.63, 3.8) is 0 Å². The number of carbonyl (C=O) groups excluding carboxylic acids is 1. The predicted molar refractivity (Wildman–Crippen MR) is 93.3 cm³/mol. The zero-order valence-corrected chi connectivity index (χ0v) is 14.0. The first-order valence-electron chi connectivity index (χ1n) is 8.13. The molecule has 2 aromatic rings. The summed E-state index contributed by atoms with van der Waals surface area (Å²) in [5, 5.41) is 3.12. The molecule has 3 nitrogen and oxygen atoms in total. The van der Waals surface area contributed by atoms with Gasteiger partial charge in [-0.2, -0.15) is 0 Å². The standard InChI is InChI=1S/C20H25NO2/c1-15(2)14-19(17-10-6-4-7-11-17)21-20(22)16(3)23-18-12-8-5-9-13-18/h4-13,15-16,19H,14H2,1-3H3,(H,21,22). The Balaban J connectivity index is 2.02. The van der Waals surface area contributed by atoms with Gasteiger partial charge >= 0.3 is 0 Å². The molecule has 3 heteroatoms. The van der Waals surface area contributed by atoms with Gasteiger partial charge in [0.2, 0.25) is 0 Å². The summed E-state index contributed by atoms with van der Waals surface area (Å²) in [4.78, 5) is 12.5. The average Bonchev–Trinajstić information content (AvgIpc) is 2.55. The summed E-state index contributed by atoms with van der Waals surface area (Å²) >= 11 is 0. The van der Waals surface area contributed by atoms with Crippen LogP contribution in [0.2, 0.25) is 0 Å². The van der Waals surface area contributed by atoms with E-state index in [2.05, 4.69) is 31.3 Å². The van der Waals surface area contributed by atoms with Crippen molar-refractivity contribution in [2.24, 2.45) is 5.92 Å². The number of hydrogen-bond donors (Lipinski definition) is 1. The molecule has 0 bridgehead atoms. The number of rotatable bonds is 7. The molecule has 0 fully saturated rings. The van der Waals surface area contributed by atoms with Crippen LogP contribution in [0.3, 0.4) is 0 Å². The van der Waals surface area contributed by atoms with Crippen molar-refractivity contribution in [3.8, 4) is 5.75 Å². The average molecular weight is 311 g/mol. The highest BCUT2D eigenvalue weighted by atomic mass is 16.5. The van der Waals surface area contributed by atoms with Crippen molar-refractivity contribution >= 4 is 5.91 Å². The fraction of sp³-hybridized carbons (Fsp3) is 0.350. The molecule has 0 saturated carbocycles. The molecule has 0 aromatic heterocycles. The lowest BCUT2D eigenvalue weighted by molar-refractivity contribution is -0.128. The summed E-state index contributed by atoms with van der Waals surface area (Å²) in [6.07, 6.45) is 0.365. The third-order valence-corrected chi connectivity index (χ3v) is 3.65. The Labute approximate surface area is 138 Å². The minimum Gasteiger partial charge on any atom is -0.481 e. The van der Waals surface area contributed by atoms with Crippen LogP contribution in [0.4, 0.5) is 0 Å². The number of ether oxygens (including phenoxy) is 1. The van der Waals surface area contributed by atoms with Crippen LogP contribution < -0.4 is 10.1 Å². The summed E-state index contributed by atoms with van der Waals surface area (Å²) < 4.78 is 5.71. The van der Waals surface area contributed by atoms with Crippen LogP contribution >= 0.6 is 0 Å². The smallest absolute Gasteiger partial charge is 0.261 e. The Hall–Kier alpha value is -2.29. The van der Waals surface area contributed by atoms with E-state index in [-0.39, 0.29) is 11.9 Å². The Bertz CT molecular complexity index is 596. The van der Waals surface area contributed by atoms with Gasteiger partial charge in [0.1, 0.15) is 5.75 Å². The molecule has 122 valence electrons. The highest BCUT2D eigenvalue weighted by Gasteiger charge is 2.21. The lowest BCUT2D eigenvalue weighted by Crippen LogP contribution is -2.39. The minimum absolute atomic E-state index is 0.00511. The van der Waals surface area contributed by atoms with E-state index in [1.54, 1.807) is 6.92 Å². The molecule has 0 aliphatic carbocycles. The number of carbonyl (C=O) groups is 1. The van der Waals surface area contributed by atoms with Gasteiger partial charge in [-0.05, 0) is 37.0 Å². The van der Waals surface area contributed by atoms with E-state index in [0.29, 0.717) is 11.7 Å². The lowest BCUT2D eigenvalue weighted by atomic mass is 9.97. The first-order chi connectivity index (χ1) is 11.1. The molecule has 0 radical (unpaired) electrons. The van der Waals surface area contributed by atoms with Gasteiger partial charge in [0.15, 0.2) is 6.10 Å². The Kier molecular flexibility index (Phi) is 6.21. The van der Waals surface area contributed by atoms with Crippen LogP contribution in [0.25, 0.3) is 0 Å². The maximum absolute atomic E-state index is 12.5. The molecule has 0 heterocycles. The molecule has 2 unspecified atom stereocenters. The fourth-order valence-electron chi connectivity index (χ4n) is 2.48. The molecule has 2 atom stereocenters. The summed E-state index contributed by atoms with van der Waals surface area (Å²) in [5.41, 5.74) is 1.13. The zero-order valence-electron chi connectivity index (χ0n) is 14.0. The molecular weight excluding hydrogens is 286 g/mol. The van der Waals surface area contributed by atoms with Crippen molar-refractivity contribution in [2.45, 2.75) is 39.3 Å². The molecule has 0 aliphatic heterocycles. The van der Waals surface area contributed by atoms with Gasteiger partial charge < -0.3 is 10.1 Å². The van der Waals surface area contributed by atoms with Crippen molar-refractivity contribution in [2.75, 3.05) is 0 Å². The van der Waals surface area contributed by atoms with Gasteiger partial charge in [0.25, 0.3) is 5.91 Å². The Morgan fingerprint density at radius 2 is 1.52 bits per heavy atom. The number of benzene rings is 2. The molecule has 2 rings (SSSR count). The normalized spacial score (nSPS) is 13.4. The molecule has 23 heavy (non-hydrogen) atoms. The van der Waals surface area contributed by atoms with Crippen LogP contribution in [0.1, 0.15) is 38.8 Å². The number of hydrogen-bond acceptors (Lipinski definition) is 2. The van der Waals surface area contributed by atoms with Gasteiger partial charge in [-0.3, -0.25) is 4.79 Å². The zero-order chi connectivity index (χ0) is 16.7. The van der Waals surface area contributed by atoms with Gasteiger partial charge in [0, 0.05) is 0 Å². The second-order valence-electron chi connectivity index (χ2n) is 6.17. The van der Waals surface area contributed by atoms with Crippen LogP contribution in [0.5, 0.6) is 5.75 Å². The molecule has 0 saturated heterocycles. The van der Waals surface area contributed by atoms with E-state index in [4.69, 9.17) is 4.74 Å². The summed E-state index contributed by atoms with van der Waals surface area (Å²) in [6, 6.07) is 19.5. The highest BCUT2D eigenvalue weighted by Crippen LogP contribution is 2.21. The number of amides is 1. The van der Waals surface area contributed by atoms with E-state index >= 15 is 0 Å². The first kappa shape index (κ1) is 17.1. The SMILES string of the molecule is CC(C)CC(NC(=O)C(C)Oc1ccccc1)c1ccccc1. The topological polar surface area (TPSA) is 38.3 Å². The monoisotopic (exact) mass is 311 g/mol. The lowest BCUT2D eigenvalue weighted by Gasteiger charge is -2.23. The van der Waals surface area contributed by atoms with Gasteiger partial charge in [-0.1, -0.05) is 62.4 Å². The highest BCUT2D eigenvalue weighted by molar-refractivity contribution is 5.81. The Morgan fingerprint density at radius 3 is 2.09 bits per heavy atom. The van der Waals surface area contributed by atoms with E-state index < -0.39 is 6.10 Å². The summed E-state index contributed by atoms with van der Waals surface area (Å²) in [5.74, 6) is 1.10. The minimum atomic E-state index is -0.532. The first-order valence-corrected chi connectivity index (χ1v) is 8.13. The van der Waals surface area contributed by atoms with E-state index in [9.17, 15) is 4.79 Å². The summed E-state index contributed by atoms with van der Waals surface area (Å²) in [6.45, 7) is 6.09. The van der Waals surface area contributed by atoms with Crippen molar-refractivity contribution in [1.29, 1.82) is 0 Å². The van der Waals surface area contributed by atoms with Gasteiger partial charge in [-0.15, -0.1) is 0 Å². The number of para-hydroxylation sites is 1. The quantitative estimate of drug-likeness (QED) is 0.825. The van der Waals surface area contributed by atoms with E-state index in [1.165, 1.54) is 0 Å². The van der Waals surface area contributed by atoms with Crippen molar-refractivity contribution in [1.82, 2.24) is 5.32 Å². The Morgan fingerprint density at radius 1 is 0.957 bits per heavy atom. The third kappa shape index (κ3) is 5.44. The molecule has 1 N–H and O–H groups in total. The van der Waals surface area contributed by atoms with Gasteiger partial charge in [0.05, 0.1) is 6.04 Å². The van der Waals surface area contributed by atoms with Crippen LogP contribution in [-0.2, 0) is 4.79 Å².